The van der Waals surface area contributed by atoms with Gasteiger partial charge in [-0.1, -0.05) is 25.5 Å². The quantitative estimate of drug-likeness (QED) is 0.889. The first kappa shape index (κ1) is 14.8. The van der Waals surface area contributed by atoms with Crippen molar-refractivity contribution in [3.8, 4) is 5.75 Å². The Labute approximate surface area is 118 Å². The summed E-state index contributed by atoms with van der Waals surface area (Å²) in [4.78, 5) is 12.0. The van der Waals surface area contributed by atoms with Gasteiger partial charge in [-0.05, 0) is 25.3 Å². The van der Waals surface area contributed by atoms with Gasteiger partial charge in [0, 0.05) is 5.56 Å². The molecule has 1 aliphatic heterocycles. The van der Waals surface area contributed by atoms with Gasteiger partial charge in [0.05, 0.1) is 18.7 Å². The van der Waals surface area contributed by atoms with E-state index in [4.69, 9.17) is 10.5 Å². The smallest absolute Gasteiger partial charge is 0.237 e. The maximum absolute atomic E-state index is 13.8. The number of hydrogen-bond donors (Lipinski definition) is 2. The van der Waals surface area contributed by atoms with Gasteiger partial charge in [0.2, 0.25) is 5.91 Å². The van der Waals surface area contributed by atoms with Crippen molar-refractivity contribution < 1.29 is 13.9 Å². The van der Waals surface area contributed by atoms with Crippen molar-refractivity contribution in [1.82, 2.24) is 5.32 Å². The van der Waals surface area contributed by atoms with Crippen LogP contribution in [0.2, 0.25) is 0 Å². The monoisotopic (exact) mass is 280 g/mol. The SMILES string of the molecule is CCCC(N)C(=O)NC1CCCOc2c(F)cccc21. The average molecular weight is 280 g/mol. The first-order valence-electron chi connectivity index (χ1n) is 7.10. The molecule has 4 nitrogen and oxygen atoms in total. The van der Waals surface area contributed by atoms with Crippen molar-refractivity contribution in [3.05, 3.63) is 29.6 Å². The number of para-hydroxylation sites is 1. The van der Waals surface area contributed by atoms with Crippen LogP contribution in [0.25, 0.3) is 0 Å². The van der Waals surface area contributed by atoms with E-state index in [1.807, 2.05) is 6.92 Å². The number of nitrogens with one attached hydrogen (secondary N) is 1. The largest absolute Gasteiger partial charge is 0.490 e. The number of carbonyl (C=O) groups excluding carboxylic acids is 1. The van der Waals surface area contributed by atoms with Crippen LogP contribution in [0.5, 0.6) is 5.75 Å². The van der Waals surface area contributed by atoms with E-state index in [9.17, 15) is 9.18 Å². The molecule has 2 unspecified atom stereocenters. The van der Waals surface area contributed by atoms with Crippen molar-refractivity contribution in [3.63, 3.8) is 0 Å². The number of hydrogen-bond acceptors (Lipinski definition) is 3. The van der Waals surface area contributed by atoms with Crippen molar-refractivity contribution in [2.24, 2.45) is 5.73 Å². The normalized spacial score (nSPS) is 19.4. The lowest BCUT2D eigenvalue weighted by molar-refractivity contribution is -0.123. The summed E-state index contributed by atoms with van der Waals surface area (Å²) in [6.07, 6.45) is 2.99. The Morgan fingerprint density at radius 3 is 3.15 bits per heavy atom. The van der Waals surface area contributed by atoms with Crippen molar-refractivity contribution in [2.45, 2.75) is 44.7 Å². The Morgan fingerprint density at radius 1 is 1.60 bits per heavy atom. The minimum atomic E-state index is -0.513. The summed E-state index contributed by atoms with van der Waals surface area (Å²) in [5.41, 5.74) is 6.51. The van der Waals surface area contributed by atoms with Gasteiger partial charge in [-0.15, -0.1) is 0 Å². The van der Waals surface area contributed by atoms with Crippen LogP contribution in [-0.2, 0) is 4.79 Å². The fourth-order valence-corrected chi connectivity index (χ4v) is 2.44. The van der Waals surface area contributed by atoms with E-state index in [-0.39, 0.29) is 23.5 Å². The van der Waals surface area contributed by atoms with Crippen LogP contribution in [0.1, 0.15) is 44.2 Å². The van der Waals surface area contributed by atoms with Gasteiger partial charge >= 0.3 is 0 Å². The molecule has 0 bridgehead atoms. The molecule has 0 fully saturated rings. The van der Waals surface area contributed by atoms with E-state index in [1.54, 1.807) is 12.1 Å². The third-order valence-corrected chi connectivity index (χ3v) is 3.51. The van der Waals surface area contributed by atoms with Crippen molar-refractivity contribution in [2.75, 3.05) is 6.61 Å². The van der Waals surface area contributed by atoms with E-state index in [0.29, 0.717) is 18.6 Å². The van der Waals surface area contributed by atoms with Crippen molar-refractivity contribution in [1.29, 1.82) is 0 Å². The highest BCUT2D eigenvalue weighted by molar-refractivity contribution is 5.82. The first-order chi connectivity index (χ1) is 9.63. The minimum absolute atomic E-state index is 0.186. The summed E-state index contributed by atoms with van der Waals surface area (Å²) in [6.45, 7) is 2.44. The standard InChI is InChI=1S/C15H21FN2O2/c1-2-5-12(17)15(19)18-13-8-4-9-20-14-10(13)6-3-7-11(14)16/h3,6-7,12-13H,2,4-5,8-9,17H2,1H3,(H,18,19). The second-order valence-electron chi connectivity index (χ2n) is 5.11. The average Bonchev–Trinajstić information content (AvgIpc) is 2.63. The molecule has 1 aliphatic rings. The highest BCUT2D eigenvalue weighted by Crippen LogP contribution is 2.33. The number of benzene rings is 1. The van der Waals surface area contributed by atoms with Crippen LogP contribution in [0, 0.1) is 5.82 Å². The van der Waals surface area contributed by atoms with Crippen LogP contribution in [-0.4, -0.2) is 18.6 Å². The Bertz CT molecular complexity index is 479. The summed E-state index contributed by atoms with van der Waals surface area (Å²) >= 11 is 0. The number of ether oxygens (including phenoxy) is 1. The van der Waals surface area contributed by atoms with Crippen LogP contribution in [0.4, 0.5) is 4.39 Å². The molecule has 0 saturated carbocycles. The predicted molar refractivity (Wildman–Crippen MR) is 74.9 cm³/mol. The number of fused-ring (bicyclic) bond motifs is 1. The summed E-state index contributed by atoms with van der Waals surface area (Å²) in [5.74, 6) is -0.324. The molecule has 5 heteroatoms. The molecule has 0 saturated heterocycles. The number of rotatable bonds is 4. The number of nitrogens with two attached hydrogens (primary N) is 1. The van der Waals surface area contributed by atoms with Crippen LogP contribution in [0.3, 0.4) is 0 Å². The third-order valence-electron chi connectivity index (χ3n) is 3.51. The second kappa shape index (κ2) is 6.70. The second-order valence-corrected chi connectivity index (χ2v) is 5.11. The maximum atomic E-state index is 13.8. The van der Waals surface area contributed by atoms with Crippen LogP contribution < -0.4 is 15.8 Å². The summed E-state index contributed by atoms with van der Waals surface area (Å²) < 4.78 is 19.2. The lowest BCUT2D eigenvalue weighted by atomic mass is 10.0. The number of carbonyl (C=O) groups is 1. The van der Waals surface area contributed by atoms with E-state index in [1.165, 1.54) is 6.07 Å². The fourth-order valence-electron chi connectivity index (χ4n) is 2.44. The molecule has 2 rings (SSSR count). The molecule has 0 aliphatic carbocycles. The molecule has 2 atom stereocenters. The first-order valence-corrected chi connectivity index (χ1v) is 7.10. The Kier molecular flexibility index (Phi) is 4.95. The molecule has 0 radical (unpaired) electrons. The molecule has 1 aromatic carbocycles. The van der Waals surface area contributed by atoms with Gasteiger partial charge in [0.15, 0.2) is 11.6 Å². The van der Waals surface area contributed by atoms with E-state index in [2.05, 4.69) is 5.32 Å². The predicted octanol–water partition coefficient (Wildman–Crippen LogP) is 2.28. The zero-order chi connectivity index (χ0) is 14.5. The summed E-state index contributed by atoms with van der Waals surface area (Å²) in [5, 5.41) is 2.92. The third kappa shape index (κ3) is 3.28. The molecule has 3 N–H and O–H groups in total. The molecule has 1 heterocycles. The lowest BCUT2D eigenvalue weighted by Crippen LogP contribution is -2.42. The Balaban J connectivity index is 2.17. The lowest BCUT2D eigenvalue weighted by Gasteiger charge is -2.20. The number of halogens is 1. The Hall–Kier alpha value is -1.62. The van der Waals surface area contributed by atoms with Crippen LogP contribution >= 0.6 is 0 Å². The highest BCUT2D eigenvalue weighted by atomic mass is 19.1. The minimum Gasteiger partial charge on any atom is -0.490 e. The fraction of sp³-hybridized carbons (Fsp3) is 0.533. The van der Waals surface area contributed by atoms with Gasteiger partial charge in [-0.25, -0.2) is 4.39 Å². The molecule has 1 amide bonds. The van der Waals surface area contributed by atoms with E-state index >= 15 is 0 Å². The molecule has 1 aromatic rings. The van der Waals surface area contributed by atoms with Crippen molar-refractivity contribution >= 4 is 5.91 Å². The topological polar surface area (TPSA) is 64.4 Å². The number of amides is 1. The molecular weight excluding hydrogens is 259 g/mol. The maximum Gasteiger partial charge on any atom is 0.237 e. The van der Waals surface area contributed by atoms with Gasteiger partial charge in [-0.2, -0.15) is 0 Å². The molecule has 0 spiro atoms. The van der Waals surface area contributed by atoms with Gasteiger partial charge in [0.1, 0.15) is 0 Å². The molecule has 0 aromatic heterocycles. The van der Waals surface area contributed by atoms with Crippen LogP contribution in [0.15, 0.2) is 18.2 Å². The molecular formula is C15H21FN2O2. The van der Waals surface area contributed by atoms with E-state index in [0.717, 1.165) is 19.3 Å². The molecule has 110 valence electrons. The summed E-state index contributed by atoms with van der Waals surface area (Å²) in [7, 11) is 0. The van der Waals surface area contributed by atoms with Gasteiger partial charge in [0.25, 0.3) is 0 Å². The zero-order valence-electron chi connectivity index (χ0n) is 11.7. The van der Waals surface area contributed by atoms with Gasteiger partial charge in [-0.3, -0.25) is 4.79 Å². The van der Waals surface area contributed by atoms with Gasteiger partial charge < -0.3 is 15.8 Å². The summed E-state index contributed by atoms with van der Waals surface area (Å²) in [6, 6.07) is 4.04. The molecule has 20 heavy (non-hydrogen) atoms. The highest BCUT2D eigenvalue weighted by Gasteiger charge is 2.25. The Morgan fingerprint density at radius 2 is 2.40 bits per heavy atom. The van der Waals surface area contributed by atoms with E-state index < -0.39 is 6.04 Å². The zero-order valence-corrected chi connectivity index (χ0v) is 11.7.